The Hall–Kier alpha value is -0.860. The molecule has 1 aliphatic heterocycles. The molecule has 0 amide bonds. The summed E-state index contributed by atoms with van der Waals surface area (Å²) < 4.78 is 0. The van der Waals surface area contributed by atoms with Crippen molar-refractivity contribution in [3.8, 4) is 0 Å². The Kier molecular flexibility index (Phi) is 4.41. The lowest BCUT2D eigenvalue weighted by Crippen LogP contribution is -2.47. The smallest absolute Gasteiger partial charge is 0.0195 e. The second kappa shape index (κ2) is 5.85. The topological polar surface area (TPSA) is 15.3 Å². The highest BCUT2D eigenvalue weighted by atomic mass is 15.1. The Morgan fingerprint density at radius 1 is 1.28 bits per heavy atom. The van der Waals surface area contributed by atoms with E-state index in [0.717, 1.165) is 6.54 Å². The number of hydrogen-bond acceptors (Lipinski definition) is 2. The molecule has 2 nitrogen and oxygen atoms in total. The minimum atomic E-state index is 0.206. The number of piperidine rings is 1. The Labute approximate surface area is 111 Å². The Balaban J connectivity index is 1.89. The van der Waals surface area contributed by atoms with Crippen LogP contribution in [0.3, 0.4) is 0 Å². The molecule has 0 saturated carbocycles. The third-order valence-corrected chi connectivity index (χ3v) is 4.01. The molecule has 100 valence electrons. The quantitative estimate of drug-likeness (QED) is 0.878. The van der Waals surface area contributed by atoms with Crippen molar-refractivity contribution in [2.45, 2.75) is 38.1 Å². The van der Waals surface area contributed by atoms with Crippen molar-refractivity contribution in [3.63, 3.8) is 0 Å². The maximum atomic E-state index is 3.75. The van der Waals surface area contributed by atoms with E-state index in [2.05, 4.69) is 61.4 Å². The summed E-state index contributed by atoms with van der Waals surface area (Å²) in [6, 6.07) is 11.5. The van der Waals surface area contributed by atoms with Gasteiger partial charge in [-0.05, 0) is 32.0 Å². The first-order valence-electron chi connectivity index (χ1n) is 7.05. The van der Waals surface area contributed by atoms with Crippen LogP contribution in [0.2, 0.25) is 0 Å². The van der Waals surface area contributed by atoms with Crippen molar-refractivity contribution in [2.75, 3.05) is 26.7 Å². The molecule has 0 aliphatic carbocycles. The number of benzene rings is 1. The standard InChI is InChI=1S/C16H26N2/c1-16(2,14-8-5-4-6-9-14)13-17-15-10-7-11-18(3)12-15/h4-6,8-9,15,17H,7,10-13H2,1-3H3. The van der Waals surface area contributed by atoms with Gasteiger partial charge in [-0.25, -0.2) is 0 Å². The number of likely N-dealkylation sites (N-methyl/N-ethyl adjacent to an activating group) is 1. The predicted octanol–water partition coefficient (Wildman–Crippen LogP) is 2.65. The predicted molar refractivity (Wildman–Crippen MR) is 78.0 cm³/mol. The van der Waals surface area contributed by atoms with Gasteiger partial charge in [-0.15, -0.1) is 0 Å². The van der Waals surface area contributed by atoms with Crippen LogP contribution in [0.5, 0.6) is 0 Å². The van der Waals surface area contributed by atoms with E-state index in [-0.39, 0.29) is 5.41 Å². The second-order valence-electron chi connectivity index (χ2n) is 6.23. The van der Waals surface area contributed by atoms with E-state index in [0.29, 0.717) is 6.04 Å². The number of nitrogens with zero attached hydrogens (tertiary/aromatic N) is 1. The number of rotatable bonds is 4. The molecule has 2 rings (SSSR count). The van der Waals surface area contributed by atoms with Crippen LogP contribution in [-0.4, -0.2) is 37.6 Å². The molecular formula is C16H26N2. The molecule has 1 saturated heterocycles. The Bertz CT molecular complexity index is 359. The summed E-state index contributed by atoms with van der Waals surface area (Å²) in [6.07, 6.45) is 2.63. The van der Waals surface area contributed by atoms with Crippen LogP contribution < -0.4 is 5.32 Å². The molecule has 1 N–H and O–H groups in total. The van der Waals surface area contributed by atoms with Gasteiger partial charge in [0, 0.05) is 24.5 Å². The van der Waals surface area contributed by atoms with E-state index in [4.69, 9.17) is 0 Å². The van der Waals surface area contributed by atoms with Crippen LogP contribution in [0.25, 0.3) is 0 Å². The van der Waals surface area contributed by atoms with E-state index in [9.17, 15) is 0 Å². The number of hydrogen-bond donors (Lipinski definition) is 1. The molecule has 1 heterocycles. The Morgan fingerprint density at radius 2 is 2.00 bits per heavy atom. The molecule has 0 spiro atoms. The molecule has 1 atom stereocenters. The molecule has 0 bridgehead atoms. The van der Waals surface area contributed by atoms with E-state index >= 15 is 0 Å². The summed E-state index contributed by atoms with van der Waals surface area (Å²) in [5.41, 5.74) is 1.62. The zero-order valence-corrected chi connectivity index (χ0v) is 11.9. The zero-order chi connectivity index (χ0) is 13.0. The first-order valence-corrected chi connectivity index (χ1v) is 7.05. The zero-order valence-electron chi connectivity index (χ0n) is 11.9. The largest absolute Gasteiger partial charge is 0.312 e. The fourth-order valence-corrected chi connectivity index (χ4v) is 2.72. The fraction of sp³-hybridized carbons (Fsp3) is 0.625. The van der Waals surface area contributed by atoms with Gasteiger partial charge in [0.1, 0.15) is 0 Å². The second-order valence-corrected chi connectivity index (χ2v) is 6.23. The average Bonchev–Trinajstić information content (AvgIpc) is 2.38. The normalized spacial score (nSPS) is 22.1. The van der Waals surface area contributed by atoms with Crippen LogP contribution in [0.4, 0.5) is 0 Å². The van der Waals surface area contributed by atoms with Gasteiger partial charge in [-0.2, -0.15) is 0 Å². The van der Waals surface area contributed by atoms with Gasteiger partial charge in [0.05, 0.1) is 0 Å². The van der Waals surface area contributed by atoms with Crippen molar-refractivity contribution in [3.05, 3.63) is 35.9 Å². The van der Waals surface area contributed by atoms with Gasteiger partial charge in [0.2, 0.25) is 0 Å². The van der Waals surface area contributed by atoms with Crippen LogP contribution >= 0.6 is 0 Å². The summed E-state index contributed by atoms with van der Waals surface area (Å²) in [6.45, 7) is 8.13. The van der Waals surface area contributed by atoms with Crippen LogP contribution in [0.1, 0.15) is 32.3 Å². The lowest BCUT2D eigenvalue weighted by molar-refractivity contribution is 0.221. The molecule has 1 aliphatic rings. The van der Waals surface area contributed by atoms with Gasteiger partial charge < -0.3 is 10.2 Å². The lowest BCUT2D eigenvalue weighted by Gasteiger charge is -2.34. The molecule has 1 fully saturated rings. The first-order chi connectivity index (χ1) is 8.58. The van der Waals surface area contributed by atoms with Gasteiger partial charge in [0.15, 0.2) is 0 Å². The highest BCUT2D eigenvalue weighted by molar-refractivity contribution is 5.23. The van der Waals surface area contributed by atoms with Gasteiger partial charge in [-0.3, -0.25) is 0 Å². The summed E-state index contributed by atoms with van der Waals surface area (Å²) in [5, 5.41) is 3.75. The molecule has 1 aromatic rings. The molecule has 2 heteroatoms. The fourth-order valence-electron chi connectivity index (χ4n) is 2.72. The summed E-state index contributed by atoms with van der Waals surface area (Å²) in [7, 11) is 2.22. The minimum Gasteiger partial charge on any atom is -0.312 e. The van der Waals surface area contributed by atoms with Gasteiger partial charge in [-0.1, -0.05) is 44.2 Å². The van der Waals surface area contributed by atoms with Gasteiger partial charge >= 0.3 is 0 Å². The molecule has 1 unspecified atom stereocenters. The maximum Gasteiger partial charge on any atom is 0.0195 e. The average molecular weight is 246 g/mol. The molecule has 1 aromatic carbocycles. The van der Waals surface area contributed by atoms with E-state index in [1.54, 1.807) is 0 Å². The minimum absolute atomic E-state index is 0.206. The maximum absolute atomic E-state index is 3.75. The monoisotopic (exact) mass is 246 g/mol. The SMILES string of the molecule is CN1CCCC(NCC(C)(C)c2ccccc2)C1. The summed E-state index contributed by atoms with van der Waals surface area (Å²) >= 11 is 0. The van der Waals surface area contributed by atoms with Crippen molar-refractivity contribution < 1.29 is 0 Å². The van der Waals surface area contributed by atoms with Crippen LogP contribution in [0, 0.1) is 0 Å². The van der Waals surface area contributed by atoms with Crippen molar-refractivity contribution >= 4 is 0 Å². The summed E-state index contributed by atoms with van der Waals surface area (Å²) in [4.78, 5) is 2.43. The number of nitrogens with one attached hydrogen (secondary N) is 1. The lowest BCUT2D eigenvalue weighted by atomic mass is 9.84. The summed E-state index contributed by atoms with van der Waals surface area (Å²) in [5.74, 6) is 0. The highest BCUT2D eigenvalue weighted by Crippen LogP contribution is 2.22. The van der Waals surface area contributed by atoms with Crippen LogP contribution in [0.15, 0.2) is 30.3 Å². The van der Waals surface area contributed by atoms with Crippen molar-refractivity contribution in [2.24, 2.45) is 0 Å². The Morgan fingerprint density at radius 3 is 2.67 bits per heavy atom. The van der Waals surface area contributed by atoms with Gasteiger partial charge in [0.25, 0.3) is 0 Å². The van der Waals surface area contributed by atoms with Crippen LogP contribution in [-0.2, 0) is 5.41 Å². The molecule has 0 radical (unpaired) electrons. The third kappa shape index (κ3) is 3.56. The molecule has 18 heavy (non-hydrogen) atoms. The number of likely N-dealkylation sites (tertiary alicyclic amines) is 1. The highest BCUT2D eigenvalue weighted by Gasteiger charge is 2.23. The van der Waals surface area contributed by atoms with E-state index in [1.807, 2.05) is 0 Å². The molecular weight excluding hydrogens is 220 g/mol. The van der Waals surface area contributed by atoms with Crippen molar-refractivity contribution in [1.82, 2.24) is 10.2 Å². The van der Waals surface area contributed by atoms with Crippen molar-refractivity contribution in [1.29, 1.82) is 0 Å². The third-order valence-electron chi connectivity index (χ3n) is 4.01. The van der Waals surface area contributed by atoms with E-state index in [1.165, 1.54) is 31.5 Å². The first kappa shape index (κ1) is 13.6. The van der Waals surface area contributed by atoms with E-state index < -0.39 is 0 Å². The molecule has 0 aromatic heterocycles.